The summed E-state index contributed by atoms with van der Waals surface area (Å²) in [6.07, 6.45) is 7.69. The molecular weight excluding hydrogens is 1420 g/mol. The lowest BCUT2D eigenvalue weighted by Gasteiger charge is -2.44. The first-order valence-electron chi connectivity index (χ1n) is 39.2. The second-order valence-corrected chi connectivity index (χ2v) is 32.5. The topological polar surface area (TPSA) is 283 Å². The van der Waals surface area contributed by atoms with Gasteiger partial charge in [0, 0.05) is 87.3 Å². The van der Waals surface area contributed by atoms with Crippen LogP contribution in [-0.2, 0) is 76.6 Å². The van der Waals surface area contributed by atoms with Gasteiger partial charge in [-0.25, -0.2) is 0 Å². The summed E-state index contributed by atoms with van der Waals surface area (Å²) in [5.41, 5.74) is -1.33. The minimum absolute atomic E-state index is 0.00646. The number of hydrogen-bond donors (Lipinski definition) is 3. The summed E-state index contributed by atoms with van der Waals surface area (Å²) in [7, 11) is 10.1. The molecule has 3 N–H and O–H groups in total. The molecule has 8 rings (SSSR count). The Hall–Kier alpha value is -7.91. The van der Waals surface area contributed by atoms with E-state index in [9.17, 15) is 32.3 Å². The Bertz CT molecular complexity index is 3540. The fraction of sp³-hybridized carbons (Fsp3) is 0.709. The van der Waals surface area contributed by atoms with Gasteiger partial charge < -0.3 is 60.0 Å². The Morgan fingerprint density at radius 2 is 1.24 bits per heavy atom. The van der Waals surface area contributed by atoms with Crippen LogP contribution in [0.2, 0.25) is 5.02 Å². The minimum Gasteiger partial charge on any atom is -0.343 e. The summed E-state index contributed by atoms with van der Waals surface area (Å²) in [6.45, 7) is 8.87. The molecule has 12 amide bonds. The number of halogens is 4. The number of benzene rings is 1. The Morgan fingerprint density at radius 3 is 1.82 bits per heavy atom. The molecule has 108 heavy (non-hydrogen) atoms. The molecule has 9 atom stereocenters. The van der Waals surface area contributed by atoms with Crippen LogP contribution in [0.3, 0.4) is 0 Å². The van der Waals surface area contributed by atoms with Gasteiger partial charge in [-0.2, -0.15) is 13.2 Å². The Morgan fingerprint density at radius 1 is 0.630 bits per heavy atom. The summed E-state index contributed by atoms with van der Waals surface area (Å²) in [4.78, 5) is 199. The number of alkyl halides is 3. The molecule has 1 aromatic carbocycles. The van der Waals surface area contributed by atoms with E-state index in [1.54, 1.807) is 37.1 Å². The number of aromatic nitrogens is 1. The largest absolute Gasteiger partial charge is 0.417 e. The van der Waals surface area contributed by atoms with Crippen molar-refractivity contribution < 1.29 is 70.7 Å². The fourth-order valence-electron chi connectivity index (χ4n) is 16.7. The molecule has 3 saturated heterocycles. The molecule has 3 aliphatic heterocycles. The van der Waals surface area contributed by atoms with Crippen molar-refractivity contribution in [1.82, 2.24) is 65.0 Å². The van der Waals surface area contributed by atoms with E-state index in [-0.39, 0.29) is 75.3 Å². The lowest BCUT2D eigenvalue weighted by atomic mass is 9.81. The number of carbonyl (C=O) groups excluding carboxylic acids is 12. The molecule has 0 bridgehead atoms. The third kappa shape index (κ3) is 21.1. The molecule has 3 saturated carbocycles. The van der Waals surface area contributed by atoms with E-state index < -0.39 is 173 Å². The first-order valence-corrected chi connectivity index (χ1v) is 39.6. The van der Waals surface area contributed by atoms with E-state index in [1.807, 2.05) is 20.8 Å². The molecule has 25 nitrogen and oxygen atoms in total. The molecular formula is C79H117ClF3N13O12. The molecule has 4 heterocycles. The maximum absolute atomic E-state index is 16.0. The highest BCUT2D eigenvalue weighted by molar-refractivity contribution is 6.31. The SMILES string of the molecule is CC[C@H](C)[C@@H]1NC(=O)[C@H](CC(C)C)N(C)C(=O)C[C@@H](C(=O)N2CCCCC2)N(C)C(=O)[C@H](C2CCCCC2)N(C)C(=O)C2(CCCC2)NC(=O)[C@H](Cc2ccc(C)nc2)N(C)C(=O)[C@H](CCc2ccc(C(F)(F)F)c(Cl)c2)NC(=O)CN(C)C(=O)[C@H](CC2CCCCC2)N(C)C(=O)C2CCN2C(=O)CN(C)C1=O. The number of fused-ring (bicyclic) bond motifs is 1. The van der Waals surface area contributed by atoms with E-state index in [0.29, 0.717) is 69.3 Å². The third-order valence-corrected chi connectivity index (χ3v) is 24.1. The summed E-state index contributed by atoms with van der Waals surface area (Å²) in [6, 6.07) is -3.59. The van der Waals surface area contributed by atoms with Crippen molar-refractivity contribution in [3.05, 3.63) is 63.9 Å². The van der Waals surface area contributed by atoms with Crippen LogP contribution in [0.5, 0.6) is 0 Å². The van der Waals surface area contributed by atoms with Crippen molar-refractivity contribution in [2.45, 2.75) is 255 Å². The number of aryl methyl sites for hydroxylation is 2. The summed E-state index contributed by atoms with van der Waals surface area (Å²) in [5.74, 6) is -8.93. The molecule has 6 aliphatic rings. The van der Waals surface area contributed by atoms with Crippen LogP contribution < -0.4 is 16.0 Å². The van der Waals surface area contributed by atoms with Crippen LogP contribution >= 0.6 is 11.6 Å². The molecule has 0 radical (unpaired) electrons. The number of pyridine rings is 1. The predicted octanol–water partition coefficient (Wildman–Crippen LogP) is 7.35. The predicted molar refractivity (Wildman–Crippen MR) is 401 cm³/mol. The Kier molecular flexibility index (Phi) is 30.3. The third-order valence-electron chi connectivity index (χ3n) is 23.8. The molecule has 2 aromatic rings. The minimum atomic E-state index is -4.78. The van der Waals surface area contributed by atoms with E-state index in [4.69, 9.17) is 11.6 Å². The van der Waals surface area contributed by atoms with Gasteiger partial charge >= 0.3 is 6.18 Å². The van der Waals surface area contributed by atoms with Gasteiger partial charge in [0.1, 0.15) is 53.9 Å². The van der Waals surface area contributed by atoms with E-state index in [0.717, 1.165) is 79.7 Å². The van der Waals surface area contributed by atoms with Crippen LogP contribution in [-0.4, -0.2) is 256 Å². The van der Waals surface area contributed by atoms with Gasteiger partial charge in [-0.05, 0) is 137 Å². The molecule has 6 fully saturated rings. The van der Waals surface area contributed by atoms with Gasteiger partial charge in [0.05, 0.1) is 30.1 Å². The number of carbonyl (C=O) groups is 12. The van der Waals surface area contributed by atoms with E-state index in [1.165, 1.54) is 84.8 Å². The van der Waals surface area contributed by atoms with Gasteiger partial charge in [0.2, 0.25) is 70.9 Å². The zero-order chi connectivity index (χ0) is 79.2. The Labute approximate surface area is 640 Å². The van der Waals surface area contributed by atoms with Gasteiger partial charge in [0.25, 0.3) is 0 Å². The zero-order valence-electron chi connectivity index (χ0n) is 65.5. The van der Waals surface area contributed by atoms with Crippen LogP contribution in [0.15, 0.2) is 36.5 Å². The van der Waals surface area contributed by atoms with Gasteiger partial charge in [-0.3, -0.25) is 62.5 Å². The number of likely N-dealkylation sites (N-methyl/N-ethyl adjacent to an activating group) is 7. The summed E-state index contributed by atoms with van der Waals surface area (Å²) in [5, 5.41) is 8.25. The maximum atomic E-state index is 16.0. The standard InChI is InChI=1S/C79H117ClF3N13O12/c1-13-50(4)67-75(106)89(7)48-66(99)96-40-35-59(96)73(104)92(10)62(43-52-25-17-14-18-26-52)72(103)88(6)47-64(97)85-58(34-32-53-31-33-56(57(80)42-53)79(81,82)83)71(102)91(9)61(44-54-30-29-51(5)84-46-54)70(101)87-78(36-21-22-37-78)77(108)94(12)68(55-27-19-15-20-28-55)76(107)93(11)63(74(105)95-38-23-16-24-39-95)45-65(98)90(8)60(41-49(2)3)69(100)86-67/h29-31,33,42,46,49-50,52,55,58-63,67-68H,13-28,32,34-41,43-45,47-48H2,1-12H3,(H,85,97)(H,86,100)(H,87,101)/t50-,58-,59?,60-,61-,62-,63-,67-,68-/m0/s1. The average molecular weight is 1530 g/mol. The van der Waals surface area contributed by atoms with Gasteiger partial charge in [0.15, 0.2) is 0 Å². The monoisotopic (exact) mass is 1530 g/mol. The average Bonchev–Trinajstić information content (AvgIpc) is 1.26. The van der Waals surface area contributed by atoms with Crippen LogP contribution in [0.1, 0.15) is 198 Å². The highest BCUT2D eigenvalue weighted by Crippen LogP contribution is 2.39. The second-order valence-electron chi connectivity index (χ2n) is 32.0. The summed E-state index contributed by atoms with van der Waals surface area (Å²) < 4.78 is 42.1. The fourth-order valence-corrected chi connectivity index (χ4v) is 17.0. The number of hydrogen-bond acceptors (Lipinski definition) is 13. The second kappa shape index (κ2) is 38.1. The van der Waals surface area contributed by atoms with Crippen molar-refractivity contribution >= 4 is 82.5 Å². The maximum Gasteiger partial charge on any atom is 0.417 e. The van der Waals surface area contributed by atoms with Crippen LogP contribution in [0.4, 0.5) is 13.2 Å². The van der Waals surface area contributed by atoms with Crippen molar-refractivity contribution in [3.63, 3.8) is 0 Å². The van der Waals surface area contributed by atoms with Gasteiger partial charge in [-0.1, -0.05) is 122 Å². The van der Waals surface area contributed by atoms with Crippen LogP contribution in [0.25, 0.3) is 0 Å². The number of likely N-dealkylation sites (tertiary alicyclic amines) is 1. The van der Waals surface area contributed by atoms with Gasteiger partial charge in [-0.15, -0.1) is 0 Å². The highest BCUT2D eigenvalue weighted by Gasteiger charge is 2.52. The van der Waals surface area contributed by atoms with Crippen molar-refractivity contribution in [3.8, 4) is 0 Å². The highest BCUT2D eigenvalue weighted by atomic mass is 35.5. The number of nitrogens with zero attached hydrogens (tertiary/aromatic N) is 10. The molecule has 29 heteroatoms. The quantitative estimate of drug-likeness (QED) is 0.177. The van der Waals surface area contributed by atoms with E-state index in [2.05, 4.69) is 20.9 Å². The first kappa shape index (κ1) is 85.7. The first-order chi connectivity index (χ1) is 51.1. The van der Waals surface area contributed by atoms with Crippen LogP contribution in [0, 0.1) is 30.6 Å². The lowest BCUT2D eigenvalue weighted by molar-refractivity contribution is -0.158. The molecule has 1 aromatic heterocycles. The molecule has 1 spiro atoms. The van der Waals surface area contributed by atoms with Crippen molar-refractivity contribution in [2.24, 2.45) is 23.7 Å². The van der Waals surface area contributed by atoms with Crippen molar-refractivity contribution in [1.29, 1.82) is 0 Å². The molecule has 3 aliphatic carbocycles. The lowest BCUT2D eigenvalue weighted by Crippen LogP contribution is -2.66. The van der Waals surface area contributed by atoms with Crippen molar-refractivity contribution in [2.75, 3.05) is 82.1 Å². The number of nitrogens with one attached hydrogen (secondary N) is 3. The zero-order valence-corrected chi connectivity index (χ0v) is 66.2. The smallest absolute Gasteiger partial charge is 0.343 e. The molecule has 598 valence electrons. The number of rotatable bonds is 13. The number of piperidine rings is 1. The number of amides is 12. The normalized spacial score (nSPS) is 26.4. The Balaban J connectivity index is 1.22. The van der Waals surface area contributed by atoms with E-state index >= 15 is 38.4 Å². The molecule has 1 unspecified atom stereocenters. The summed E-state index contributed by atoms with van der Waals surface area (Å²) >= 11 is 6.23.